The Morgan fingerprint density at radius 1 is 1.31 bits per heavy atom. The van der Waals surface area contributed by atoms with Gasteiger partial charge in [-0.3, -0.25) is 4.90 Å². The van der Waals surface area contributed by atoms with Crippen molar-refractivity contribution < 1.29 is 5.11 Å². The van der Waals surface area contributed by atoms with E-state index in [1.54, 1.807) is 12.1 Å². The van der Waals surface area contributed by atoms with E-state index < -0.39 is 0 Å². The smallest absolute Gasteiger partial charge is 0.115 e. The molecule has 1 aromatic carbocycles. The summed E-state index contributed by atoms with van der Waals surface area (Å²) in [6, 6.07) is 8.32. The molecule has 1 heterocycles. The van der Waals surface area contributed by atoms with Gasteiger partial charge in [0.1, 0.15) is 5.75 Å². The van der Waals surface area contributed by atoms with Crippen LogP contribution >= 0.6 is 0 Å². The molecule has 0 bridgehead atoms. The molecule has 16 heavy (non-hydrogen) atoms. The topological polar surface area (TPSA) is 23.5 Å². The molecule has 0 radical (unpaired) electrons. The van der Waals surface area contributed by atoms with Crippen LogP contribution in [0.5, 0.6) is 5.75 Å². The lowest BCUT2D eigenvalue weighted by molar-refractivity contribution is 0.199. The molecule has 1 saturated heterocycles. The predicted octanol–water partition coefficient (Wildman–Crippen LogP) is 3.01. The van der Waals surface area contributed by atoms with Crippen LogP contribution in [0.4, 0.5) is 0 Å². The number of benzene rings is 1. The van der Waals surface area contributed by atoms with E-state index in [0.717, 1.165) is 18.5 Å². The Morgan fingerprint density at radius 3 is 2.62 bits per heavy atom. The number of hydrogen-bond acceptors (Lipinski definition) is 2. The molecule has 1 unspecified atom stereocenters. The van der Waals surface area contributed by atoms with Crippen LogP contribution in [0.15, 0.2) is 24.3 Å². The summed E-state index contributed by atoms with van der Waals surface area (Å²) in [6.45, 7) is 6.84. The molecule has 1 atom stereocenters. The van der Waals surface area contributed by atoms with E-state index in [0.29, 0.717) is 5.75 Å². The van der Waals surface area contributed by atoms with E-state index in [4.69, 9.17) is 0 Å². The average molecular weight is 219 g/mol. The van der Waals surface area contributed by atoms with Gasteiger partial charge in [-0.05, 0) is 43.0 Å². The fraction of sp³-hybridized carbons (Fsp3) is 0.571. The van der Waals surface area contributed by atoms with Gasteiger partial charge in [-0.25, -0.2) is 0 Å². The molecule has 0 amide bonds. The Morgan fingerprint density at radius 2 is 2.00 bits per heavy atom. The van der Waals surface area contributed by atoms with Gasteiger partial charge in [0, 0.05) is 12.6 Å². The fourth-order valence-corrected chi connectivity index (χ4v) is 2.64. The number of likely N-dealkylation sites (tertiary alicyclic amines) is 1. The SMILES string of the molecule is CC(C)C1CCCN1Cc1ccc(O)cc1. The van der Waals surface area contributed by atoms with Gasteiger partial charge in [0.15, 0.2) is 0 Å². The lowest BCUT2D eigenvalue weighted by Gasteiger charge is -2.27. The van der Waals surface area contributed by atoms with E-state index in [1.807, 2.05) is 12.1 Å². The zero-order valence-electron chi connectivity index (χ0n) is 10.2. The van der Waals surface area contributed by atoms with Gasteiger partial charge in [0.25, 0.3) is 0 Å². The summed E-state index contributed by atoms with van der Waals surface area (Å²) < 4.78 is 0. The standard InChI is InChI=1S/C14H21NO/c1-11(2)14-4-3-9-15(14)10-12-5-7-13(16)8-6-12/h5-8,11,14,16H,3-4,9-10H2,1-2H3. The van der Waals surface area contributed by atoms with Crippen molar-refractivity contribution in [1.82, 2.24) is 4.90 Å². The minimum Gasteiger partial charge on any atom is -0.508 e. The van der Waals surface area contributed by atoms with Crippen LogP contribution in [0, 0.1) is 5.92 Å². The summed E-state index contributed by atoms with van der Waals surface area (Å²) in [6.07, 6.45) is 2.65. The molecule has 1 aliphatic heterocycles. The zero-order valence-corrected chi connectivity index (χ0v) is 10.2. The third-order valence-corrected chi connectivity index (χ3v) is 3.51. The summed E-state index contributed by atoms with van der Waals surface area (Å²) in [7, 11) is 0. The molecule has 88 valence electrons. The lowest BCUT2D eigenvalue weighted by atomic mass is 10.0. The first-order valence-electron chi connectivity index (χ1n) is 6.19. The average Bonchev–Trinajstić information content (AvgIpc) is 2.69. The number of hydrogen-bond donors (Lipinski definition) is 1. The van der Waals surface area contributed by atoms with Crippen molar-refractivity contribution in [2.24, 2.45) is 5.92 Å². The van der Waals surface area contributed by atoms with Crippen LogP contribution in [0.2, 0.25) is 0 Å². The van der Waals surface area contributed by atoms with Crippen molar-refractivity contribution >= 4 is 0 Å². The van der Waals surface area contributed by atoms with E-state index >= 15 is 0 Å². The Bertz CT molecular complexity index is 331. The summed E-state index contributed by atoms with van der Waals surface area (Å²) in [5.41, 5.74) is 1.30. The highest BCUT2D eigenvalue weighted by molar-refractivity contribution is 5.25. The van der Waals surface area contributed by atoms with Crippen LogP contribution in [0.3, 0.4) is 0 Å². The summed E-state index contributed by atoms with van der Waals surface area (Å²) in [5.74, 6) is 1.09. The molecule has 0 saturated carbocycles. The van der Waals surface area contributed by atoms with Gasteiger partial charge >= 0.3 is 0 Å². The summed E-state index contributed by atoms with van der Waals surface area (Å²) in [5, 5.41) is 9.24. The van der Waals surface area contributed by atoms with Crippen LogP contribution in [0.1, 0.15) is 32.3 Å². The second-order valence-corrected chi connectivity index (χ2v) is 5.09. The van der Waals surface area contributed by atoms with Crippen molar-refractivity contribution in [2.45, 2.75) is 39.3 Å². The molecule has 1 N–H and O–H groups in total. The first-order chi connectivity index (χ1) is 7.66. The molecule has 0 aromatic heterocycles. The highest BCUT2D eigenvalue weighted by Gasteiger charge is 2.26. The quantitative estimate of drug-likeness (QED) is 0.844. The molecule has 1 fully saturated rings. The first-order valence-corrected chi connectivity index (χ1v) is 6.19. The second kappa shape index (κ2) is 4.88. The third kappa shape index (κ3) is 2.56. The van der Waals surface area contributed by atoms with Gasteiger partial charge < -0.3 is 5.11 Å². The van der Waals surface area contributed by atoms with Gasteiger partial charge in [-0.15, -0.1) is 0 Å². The van der Waals surface area contributed by atoms with Crippen molar-refractivity contribution in [2.75, 3.05) is 6.54 Å². The van der Waals surface area contributed by atoms with Crippen LogP contribution in [0.25, 0.3) is 0 Å². The van der Waals surface area contributed by atoms with E-state index in [9.17, 15) is 5.11 Å². The molecule has 2 nitrogen and oxygen atoms in total. The van der Waals surface area contributed by atoms with Gasteiger partial charge in [-0.1, -0.05) is 26.0 Å². The summed E-state index contributed by atoms with van der Waals surface area (Å²) >= 11 is 0. The molecular formula is C14H21NO. The van der Waals surface area contributed by atoms with E-state index in [2.05, 4.69) is 18.7 Å². The highest BCUT2D eigenvalue weighted by Crippen LogP contribution is 2.25. The van der Waals surface area contributed by atoms with Gasteiger partial charge in [0.2, 0.25) is 0 Å². The maximum absolute atomic E-state index is 9.24. The highest BCUT2D eigenvalue weighted by atomic mass is 16.3. The molecule has 2 rings (SSSR count). The predicted molar refractivity (Wildman–Crippen MR) is 66.4 cm³/mol. The number of aromatic hydroxyl groups is 1. The summed E-state index contributed by atoms with van der Waals surface area (Å²) in [4.78, 5) is 2.57. The largest absolute Gasteiger partial charge is 0.508 e. The zero-order chi connectivity index (χ0) is 11.5. The number of phenols is 1. The van der Waals surface area contributed by atoms with Crippen molar-refractivity contribution in [3.63, 3.8) is 0 Å². The fourth-order valence-electron chi connectivity index (χ4n) is 2.64. The molecular weight excluding hydrogens is 198 g/mol. The number of nitrogens with zero attached hydrogens (tertiary/aromatic N) is 1. The number of phenolic OH excluding ortho intramolecular Hbond substituents is 1. The van der Waals surface area contributed by atoms with Crippen molar-refractivity contribution in [3.8, 4) is 5.75 Å². The van der Waals surface area contributed by atoms with Crippen LogP contribution in [-0.2, 0) is 6.54 Å². The Hall–Kier alpha value is -1.02. The Kier molecular flexibility index (Phi) is 3.49. The Balaban J connectivity index is 2.01. The van der Waals surface area contributed by atoms with Gasteiger partial charge in [0.05, 0.1) is 0 Å². The lowest BCUT2D eigenvalue weighted by Crippen LogP contribution is -2.32. The number of rotatable bonds is 3. The van der Waals surface area contributed by atoms with Crippen LogP contribution < -0.4 is 0 Å². The third-order valence-electron chi connectivity index (χ3n) is 3.51. The minimum absolute atomic E-state index is 0.352. The maximum atomic E-state index is 9.24. The monoisotopic (exact) mass is 219 g/mol. The minimum atomic E-state index is 0.352. The second-order valence-electron chi connectivity index (χ2n) is 5.09. The molecule has 1 aliphatic rings. The first kappa shape index (κ1) is 11.5. The maximum Gasteiger partial charge on any atom is 0.115 e. The van der Waals surface area contributed by atoms with Gasteiger partial charge in [-0.2, -0.15) is 0 Å². The normalized spacial score (nSPS) is 21.8. The Labute approximate surface area is 97.9 Å². The molecule has 0 aliphatic carbocycles. The van der Waals surface area contributed by atoms with E-state index in [1.165, 1.54) is 24.9 Å². The van der Waals surface area contributed by atoms with Crippen LogP contribution in [-0.4, -0.2) is 22.6 Å². The molecule has 1 aromatic rings. The van der Waals surface area contributed by atoms with Crippen molar-refractivity contribution in [3.05, 3.63) is 29.8 Å². The molecule has 2 heteroatoms. The van der Waals surface area contributed by atoms with E-state index in [-0.39, 0.29) is 0 Å². The molecule has 0 spiro atoms. The van der Waals surface area contributed by atoms with Crippen molar-refractivity contribution in [1.29, 1.82) is 0 Å².